The molecule has 1 N–H and O–H groups in total. The van der Waals surface area contributed by atoms with Gasteiger partial charge in [0.25, 0.3) is 0 Å². The lowest BCUT2D eigenvalue weighted by Gasteiger charge is -2.24. The van der Waals surface area contributed by atoms with Gasteiger partial charge in [0.15, 0.2) is 5.15 Å². The number of halogens is 1. The number of carbonyl (C=O) groups is 1. The predicted molar refractivity (Wildman–Crippen MR) is 94.5 cm³/mol. The Kier molecular flexibility index (Phi) is 4.89. The Balaban J connectivity index is 1.56. The van der Waals surface area contributed by atoms with Crippen LogP contribution in [0.15, 0.2) is 12.5 Å². The average molecular weight is 365 g/mol. The van der Waals surface area contributed by atoms with Crippen molar-refractivity contribution in [1.29, 1.82) is 0 Å². The van der Waals surface area contributed by atoms with Crippen molar-refractivity contribution in [3.8, 4) is 0 Å². The minimum atomic E-state index is -0.478. The fourth-order valence-corrected chi connectivity index (χ4v) is 2.82. The summed E-state index contributed by atoms with van der Waals surface area (Å²) in [7, 11) is 0. The number of nitrogens with one attached hydrogen (secondary N) is 1. The van der Waals surface area contributed by atoms with Gasteiger partial charge < -0.3 is 15.0 Å². The second-order valence-electron chi connectivity index (χ2n) is 7.05. The van der Waals surface area contributed by atoms with Crippen molar-refractivity contribution in [2.75, 3.05) is 25.0 Å². The van der Waals surface area contributed by atoms with Gasteiger partial charge in [0.1, 0.15) is 23.0 Å². The molecule has 1 aliphatic rings. The Morgan fingerprint density at radius 2 is 2.20 bits per heavy atom. The Morgan fingerprint density at radius 3 is 2.96 bits per heavy atom. The van der Waals surface area contributed by atoms with Gasteiger partial charge in [-0.15, -0.1) is 0 Å². The van der Waals surface area contributed by atoms with E-state index in [2.05, 4.69) is 25.3 Å². The van der Waals surface area contributed by atoms with Crippen molar-refractivity contribution < 1.29 is 9.53 Å². The Hall–Kier alpha value is -2.22. The predicted octanol–water partition coefficient (Wildman–Crippen LogP) is 2.74. The molecule has 1 atom stereocenters. The summed E-state index contributed by atoms with van der Waals surface area (Å²) in [4.78, 5) is 30.4. The van der Waals surface area contributed by atoms with Crippen LogP contribution >= 0.6 is 11.6 Å². The number of likely N-dealkylation sites (tertiary alicyclic amines) is 1. The summed E-state index contributed by atoms with van der Waals surface area (Å²) in [6.07, 6.45) is 3.63. The van der Waals surface area contributed by atoms with Gasteiger partial charge in [-0.25, -0.2) is 24.7 Å². The zero-order chi connectivity index (χ0) is 18.0. The molecule has 3 heterocycles. The van der Waals surface area contributed by atoms with E-state index in [9.17, 15) is 4.79 Å². The highest BCUT2D eigenvalue weighted by Crippen LogP contribution is 2.21. The molecule has 0 spiro atoms. The molecule has 3 rings (SSSR count). The van der Waals surface area contributed by atoms with Gasteiger partial charge >= 0.3 is 6.09 Å². The summed E-state index contributed by atoms with van der Waals surface area (Å²) in [5.74, 6) is 0.786. The van der Waals surface area contributed by atoms with Gasteiger partial charge in [-0.2, -0.15) is 0 Å². The molecule has 9 heteroatoms. The Labute approximate surface area is 151 Å². The fraction of sp³-hybridized carbons (Fsp3) is 0.562. The molecule has 0 radical (unpaired) electrons. The summed E-state index contributed by atoms with van der Waals surface area (Å²) < 4.78 is 5.41. The minimum absolute atomic E-state index is 0.263. The monoisotopic (exact) mass is 364 g/mol. The second kappa shape index (κ2) is 6.95. The number of hydrogen-bond donors (Lipinski definition) is 1. The molecule has 2 aromatic rings. The van der Waals surface area contributed by atoms with E-state index in [1.54, 1.807) is 11.1 Å². The van der Waals surface area contributed by atoms with Gasteiger partial charge in [0, 0.05) is 19.6 Å². The molecule has 1 fully saturated rings. The number of aromatic nitrogens is 4. The quantitative estimate of drug-likeness (QED) is 0.837. The lowest BCUT2D eigenvalue weighted by molar-refractivity contribution is 0.0289. The molecule has 0 bridgehead atoms. The zero-order valence-electron chi connectivity index (χ0n) is 14.5. The molecule has 134 valence electrons. The number of nitrogens with zero attached hydrogens (tertiary/aromatic N) is 5. The first-order valence-electron chi connectivity index (χ1n) is 8.17. The van der Waals surface area contributed by atoms with E-state index in [-0.39, 0.29) is 6.09 Å². The third kappa shape index (κ3) is 4.45. The van der Waals surface area contributed by atoms with Crippen molar-refractivity contribution in [2.24, 2.45) is 5.92 Å². The highest BCUT2D eigenvalue weighted by Gasteiger charge is 2.29. The topological polar surface area (TPSA) is 93.1 Å². The molecule has 2 aromatic heterocycles. The molecular weight excluding hydrogens is 344 g/mol. The zero-order valence-corrected chi connectivity index (χ0v) is 15.2. The van der Waals surface area contributed by atoms with E-state index in [1.807, 2.05) is 20.8 Å². The summed E-state index contributed by atoms with van der Waals surface area (Å²) in [6, 6.07) is 0. The summed E-state index contributed by atoms with van der Waals surface area (Å²) >= 11 is 6.04. The lowest BCUT2D eigenvalue weighted by atomic mass is 10.1. The molecule has 0 aliphatic carbocycles. The van der Waals surface area contributed by atoms with Crippen LogP contribution in [0.3, 0.4) is 0 Å². The Bertz CT molecular complexity index is 779. The van der Waals surface area contributed by atoms with Gasteiger partial charge in [0.2, 0.25) is 5.95 Å². The molecule has 1 aliphatic heterocycles. The van der Waals surface area contributed by atoms with Crippen LogP contribution in [0.1, 0.15) is 27.2 Å². The van der Waals surface area contributed by atoms with Gasteiger partial charge in [-0.3, -0.25) is 0 Å². The summed E-state index contributed by atoms with van der Waals surface area (Å²) in [5, 5.41) is 3.50. The summed E-state index contributed by atoms with van der Waals surface area (Å²) in [6.45, 7) is 7.61. The molecule has 1 amide bonds. The lowest BCUT2D eigenvalue weighted by Crippen LogP contribution is -2.35. The van der Waals surface area contributed by atoms with Gasteiger partial charge in [-0.1, -0.05) is 11.6 Å². The van der Waals surface area contributed by atoms with Crippen molar-refractivity contribution in [2.45, 2.75) is 32.8 Å². The number of ether oxygens (including phenoxy) is 1. The maximum Gasteiger partial charge on any atom is 0.410 e. The number of carbonyl (C=O) groups excluding carboxylic acids is 1. The maximum atomic E-state index is 12.1. The standard InChI is InChI=1S/C16H21ClN6O2/c1-16(2,3)25-15(24)23-5-4-10(8-23)6-18-14-19-7-11-12(22-14)13(17)21-9-20-11/h7,9-10H,4-6,8H2,1-3H3,(H,18,19,22). The first kappa shape index (κ1) is 17.6. The van der Waals surface area contributed by atoms with Crippen LogP contribution < -0.4 is 5.32 Å². The van der Waals surface area contributed by atoms with Crippen LogP contribution in [0.4, 0.5) is 10.7 Å². The van der Waals surface area contributed by atoms with E-state index in [1.165, 1.54) is 6.33 Å². The van der Waals surface area contributed by atoms with Crippen LogP contribution in [-0.4, -0.2) is 56.2 Å². The van der Waals surface area contributed by atoms with Crippen LogP contribution in [0.5, 0.6) is 0 Å². The molecule has 1 saturated heterocycles. The molecule has 1 unspecified atom stereocenters. The highest BCUT2D eigenvalue weighted by atomic mass is 35.5. The smallest absolute Gasteiger partial charge is 0.410 e. The minimum Gasteiger partial charge on any atom is -0.444 e. The van der Waals surface area contributed by atoms with Gasteiger partial charge in [-0.05, 0) is 33.1 Å². The third-order valence-corrected chi connectivity index (χ3v) is 4.10. The largest absolute Gasteiger partial charge is 0.444 e. The average Bonchev–Trinajstić information content (AvgIpc) is 3.01. The van der Waals surface area contributed by atoms with Gasteiger partial charge in [0.05, 0.1) is 6.20 Å². The third-order valence-electron chi connectivity index (χ3n) is 3.82. The normalized spacial score (nSPS) is 17.8. The first-order chi connectivity index (χ1) is 11.8. The van der Waals surface area contributed by atoms with E-state index in [0.29, 0.717) is 47.7 Å². The van der Waals surface area contributed by atoms with Crippen LogP contribution in [0, 0.1) is 5.92 Å². The first-order valence-corrected chi connectivity index (χ1v) is 8.54. The number of amides is 1. The Morgan fingerprint density at radius 1 is 1.40 bits per heavy atom. The van der Waals surface area contributed by atoms with E-state index < -0.39 is 5.60 Å². The van der Waals surface area contributed by atoms with E-state index in [4.69, 9.17) is 16.3 Å². The van der Waals surface area contributed by atoms with Crippen LogP contribution in [0.25, 0.3) is 11.0 Å². The second-order valence-corrected chi connectivity index (χ2v) is 7.41. The van der Waals surface area contributed by atoms with Crippen LogP contribution in [0.2, 0.25) is 5.15 Å². The molecule has 25 heavy (non-hydrogen) atoms. The van der Waals surface area contributed by atoms with E-state index in [0.717, 1.165) is 6.42 Å². The van der Waals surface area contributed by atoms with Crippen molar-refractivity contribution in [3.05, 3.63) is 17.7 Å². The van der Waals surface area contributed by atoms with Crippen LogP contribution in [-0.2, 0) is 4.74 Å². The SMILES string of the molecule is CC(C)(C)OC(=O)N1CCC(CNc2ncc3ncnc(Cl)c3n2)C1. The highest BCUT2D eigenvalue weighted by molar-refractivity contribution is 6.33. The molecule has 0 saturated carbocycles. The summed E-state index contributed by atoms with van der Waals surface area (Å²) in [5.41, 5.74) is 0.638. The maximum absolute atomic E-state index is 12.1. The van der Waals surface area contributed by atoms with E-state index >= 15 is 0 Å². The number of fused-ring (bicyclic) bond motifs is 1. The van der Waals surface area contributed by atoms with Crippen molar-refractivity contribution in [3.63, 3.8) is 0 Å². The molecule has 0 aromatic carbocycles. The molecule has 8 nitrogen and oxygen atoms in total. The fourth-order valence-electron chi connectivity index (χ4n) is 2.64. The van der Waals surface area contributed by atoms with Crippen molar-refractivity contribution in [1.82, 2.24) is 24.8 Å². The number of rotatable bonds is 3. The number of anilines is 1. The number of hydrogen-bond acceptors (Lipinski definition) is 7. The van der Waals surface area contributed by atoms with Crippen molar-refractivity contribution >= 4 is 34.7 Å². The molecular formula is C16H21ClN6O2.